The average Bonchev–Trinajstić information content (AvgIpc) is 2.47. The van der Waals surface area contributed by atoms with Gasteiger partial charge < -0.3 is 10.2 Å². The van der Waals surface area contributed by atoms with E-state index in [0.717, 1.165) is 30.3 Å². The molecule has 112 valence electrons. The Morgan fingerprint density at radius 1 is 1.19 bits per heavy atom. The van der Waals surface area contributed by atoms with E-state index in [9.17, 15) is 0 Å². The van der Waals surface area contributed by atoms with Crippen LogP contribution in [0.5, 0.6) is 0 Å². The van der Waals surface area contributed by atoms with Gasteiger partial charge >= 0.3 is 0 Å². The standard InChI is InChI=1S/C17H24N4/c1-13(2)9-18-10-15-11-20-17(12-19-15)21(4)16-7-5-6-14(3)8-16/h5-8,11-13,18H,9-10H2,1-4H3. The molecule has 0 aliphatic heterocycles. The monoisotopic (exact) mass is 284 g/mol. The lowest BCUT2D eigenvalue weighted by molar-refractivity contribution is 0.547. The van der Waals surface area contributed by atoms with Crippen molar-refractivity contribution in [2.24, 2.45) is 5.92 Å². The zero-order valence-corrected chi connectivity index (χ0v) is 13.3. The lowest BCUT2D eigenvalue weighted by atomic mass is 10.2. The van der Waals surface area contributed by atoms with Gasteiger partial charge in [0.2, 0.25) is 0 Å². The zero-order chi connectivity index (χ0) is 15.2. The Morgan fingerprint density at radius 3 is 2.62 bits per heavy atom. The summed E-state index contributed by atoms with van der Waals surface area (Å²) in [4.78, 5) is 11.0. The van der Waals surface area contributed by atoms with E-state index in [2.05, 4.69) is 60.3 Å². The Bertz CT molecular complexity index is 563. The van der Waals surface area contributed by atoms with Gasteiger partial charge in [-0.1, -0.05) is 26.0 Å². The third-order valence-corrected chi connectivity index (χ3v) is 3.28. The molecule has 0 radical (unpaired) electrons. The number of nitrogens with zero attached hydrogens (tertiary/aromatic N) is 3. The molecule has 0 spiro atoms. The van der Waals surface area contributed by atoms with Crippen LogP contribution in [0.25, 0.3) is 0 Å². The molecule has 1 heterocycles. The second-order valence-electron chi connectivity index (χ2n) is 5.79. The van der Waals surface area contributed by atoms with Gasteiger partial charge in [-0.15, -0.1) is 0 Å². The smallest absolute Gasteiger partial charge is 0.151 e. The number of aryl methyl sites for hydroxylation is 1. The van der Waals surface area contributed by atoms with Gasteiger partial charge in [-0.25, -0.2) is 4.98 Å². The van der Waals surface area contributed by atoms with Crippen molar-refractivity contribution in [1.29, 1.82) is 0 Å². The molecule has 0 bridgehead atoms. The summed E-state index contributed by atoms with van der Waals surface area (Å²) in [5.74, 6) is 1.50. The molecule has 0 amide bonds. The number of rotatable bonds is 6. The van der Waals surface area contributed by atoms with Crippen LogP contribution in [-0.4, -0.2) is 23.6 Å². The van der Waals surface area contributed by atoms with Gasteiger partial charge in [0.25, 0.3) is 0 Å². The second-order valence-corrected chi connectivity index (χ2v) is 5.79. The SMILES string of the molecule is Cc1cccc(N(C)c2cnc(CNCC(C)C)cn2)c1. The predicted octanol–water partition coefficient (Wildman–Crippen LogP) is 3.30. The maximum absolute atomic E-state index is 4.51. The van der Waals surface area contributed by atoms with Crippen molar-refractivity contribution in [1.82, 2.24) is 15.3 Å². The summed E-state index contributed by atoms with van der Waals surface area (Å²) in [6.45, 7) is 8.23. The number of hydrogen-bond acceptors (Lipinski definition) is 4. The average molecular weight is 284 g/mol. The minimum absolute atomic E-state index is 0.643. The number of hydrogen-bond donors (Lipinski definition) is 1. The van der Waals surface area contributed by atoms with E-state index in [1.165, 1.54) is 5.56 Å². The van der Waals surface area contributed by atoms with Crippen molar-refractivity contribution in [3.05, 3.63) is 47.9 Å². The lowest BCUT2D eigenvalue weighted by Crippen LogP contribution is -2.20. The summed E-state index contributed by atoms with van der Waals surface area (Å²) in [6.07, 6.45) is 3.67. The van der Waals surface area contributed by atoms with Crippen molar-refractivity contribution >= 4 is 11.5 Å². The molecule has 0 aliphatic carbocycles. The molecule has 1 aromatic carbocycles. The van der Waals surface area contributed by atoms with Crippen LogP contribution in [0.1, 0.15) is 25.1 Å². The lowest BCUT2D eigenvalue weighted by Gasteiger charge is -2.18. The van der Waals surface area contributed by atoms with Crippen molar-refractivity contribution < 1.29 is 0 Å². The Labute approximate surface area is 127 Å². The Kier molecular flexibility index (Phi) is 5.28. The fourth-order valence-electron chi connectivity index (χ4n) is 2.07. The third kappa shape index (κ3) is 4.53. The molecule has 2 rings (SSSR count). The molecule has 2 aromatic rings. The molecule has 0 saturated heterocycles. The second kappa shape index (κ2) is 7.18. The quantitative estimate of drug-likeness (QED) is 0.883. The first-order chi connectivity index (χ1) is 10.1. The van der Waals surface area contributed by atoms with E-state index in [1.54, 1.807) is 0 Å². The molecule has 0 atom stereocenters. The van der Waals surface area contributed by atoms with Gasteiger partial charge in [-0.05, 0) is 37.1 Å². The molecule has 0 unspecified atom stereocenters. The number of anilines is 2. The summed E-state index contributed by atoms with van der Waals surface area (Å²) in [7, 11) is 2.01. The predicted molar refractivity (Wildman–Crippen MR) is 87.8 cm³/mol. The molecule has 0 saturated carbocycles. The normalized spacial score (nSPS) is 10.9. The first-order valence-electron chi connectivity index (χ1n) is 7.38. The molecule has 0 aliphatic rings. The van der Waals surface area contributed by atoms with E-state index >= 15 is 0 Å². The van der Waals surface area contributed by atoms with Crippen LogP contribution in [0.3, 0.4) is 0 Å². The van der Waals surface area contributed by atoms with Crippen LogP contribution in [0.2, 0.25) is 0 Å². The summed E-state index contributed by atoms with van der Waals surface area (Å²) < 4.78 is 0. The number of aromatic nitrogens is 2. The van der Waals surface area contributed by atoms with Crippen LogP contribution < -0.4 is 10.2 Å². The molecule has 4 nitrogen and oxygen atoms in total. The van der Waals surface area contributed by atoms with Gasteiger partial charge in [0.1, 0.15) is 0 Å². The fraction of sp³-hybridized carbons (Fsp3) is 0.412. The highest BCUT2D eigenvalue weighted by Crippen LogP contribution is 2.21. The van der Waals surface area contributed by atoms with Crippen molar-refractivity contribution in [3.63, 3.8) is 0 Å². The zero-order valence-electron chi connectivity index (χ0n) is 13.3. The van der Waals surface area contributed by atoms with E-state index in [1.807, 2.05) is 24.3 Å². The Balaban J connectivity index is 2.01. The number of nitrogens with one attached hydrogen (secondary N) is 1. The highest BCUT2D eigenvalue weighted by Gasteiger charge is 2.06. The van der Waals surface area contributed by atoms with Crippen molar-refractivity contribution in [3.8, 4) is 0 Å². The summed E-state index contributed by atoms with van der Waals surface area (Å²) >= 11 is 0. The van der Waals surface area contributed by atoms with Gasteiger partial charge in [-0.3, -0.25) is 4.98 Å². The van der Waals surface area contributed by atoms with Crippen molar-refractivity contribution in [2.75, 3.05) is 18.5 Å². The van der Waals surface area contributed by atoms with Gasteiger partial charge in [-0.2, -0.15) is 0 Å². The molecule has 1 N–H and O–H groups in total. The Hall–Kier alpha value is -1.94. The molecule has 1 aromatic heterocycles. The minimum Gasteiger partial charge on any atom is -0.328 e. The van der Waals surface area contributed by atoms with Crippen LogP contribution in [0.15, 0.2) is 36.7 Å². The van der Waals surface area contributed by atoms with Gasteiger partial charge in [0.15, 0.2) is 5.82 Å². The van der Waals surface area contributed by atoms with E-state index < -0.39 is 0 Å². The van der Waals surface area contributed by atoms with Crippen LogP contribution in [-0.2, 0) is 6.54 Å². The molecule has 0 fully saturated rings. The largest absolute Gasteiger partial charge is 0.328 e. The highest BCUT2D eigenvalue weighted by atomic mass is 15.2. The first-order valence-corrected chi connectivity index (χ1v) is 7.38. The van der Waals surface area contributed by atoms with E-state index in [-0.39, 0.29) is 0 Å². The van der Waals surface area contributed by atoms with E-state index in [0.29, 0.717) is 5.92 Å². The Morgan fingerprint density at radius 2 is 2.00 bits per heavy atom. The maximum Gasteiger partial charge on any atom is 0.151 e. The first kappa shape index (κ1) is 15.4. The van der Waals surface area contributed by atoms with Crippen LogP contribution in [0, 0.1) is 12.8 Å². The highest BCUT2D eigenvalue weighted by molar-refractivity contribution is 5.58. The summed E-state index contributed by atoms with van der Waals surface area (Å²) in [5.41, 5.74) is 3.33. The third-order valence-electron chi connectivity index (χ3n) is 3.28. The topological polar surface area (TPSA) is 41.1 Å². The fourth-order valence-corrected chi connectivity index (χ4v) is 2.07. The minimum atomic E-state index is 0.643. The van der Waals surface area contributed by atoms with Crippen LogP contribution >= 0.6 is 0 Å². The van der Waals surface area contributed by atoms with Crippen molar-refractivity contribution in [2.45, 2.75) is 27.3 Å². The summed E-state index contributed by atoms with van der Waals surface area (Å²) in [6, 6.07) is 8.36. The van der Waals surface area contributed by atoms with Crippen LogP contribution in [0.4, 0.5) is 11.5 Å². The summed E-state index contributed by atoms with van der Waals surface area (Å²) in [5, 5.41) is 3.37. The molecular weight excluding hydrogens is 260 g/mol. The molecular formula is C17H24N4. The molecule has 21 heavy (non-hydrogen) atoms. The van der Waals surface area contributed by atoms with Gasteiger partial charge in [0, 0.05) is 19.3 Å². The maximum atomic E-state index is 4.51. The van der Waals surface area contributed by atoms with Gasteiger partial charge in [0.05, 0.1) is 18.1 Å². The molecule has 4 heteroatoms. The van der Waals surface area contributed by atoms with E-state index in [4.69, 9.17) is 0 Å². The number of benzene rings is 1.